The van der Waals surface area contributed by atoms with Gasteiger partial charge in [-0.25, -0.2) is 5.43 Å². The van der Waals surface area contributed by atoms with Crippen molar-refractivity contribution in [2.24, 2.45) is 5.10 Å². The highest BCUT2D eigenvalue weighted by molar-refractivity contribution is 5.83. The number of rotatable bonds is 5. The van der Waals surface area contributed by atoms with Gasteiger partial charge in [-0.15, -0.1) is 0 Å². The van der Waals surface area contributed by atoms with Crippen LogP contribution in [0.25, 0.3) is 0 Å². The Balaban J connectivity index is 1.85. The molecule has 1 aromatic carbocycles. The topological polar surface area (TPSA) is 90.1 Å². The number of hydrazone groups is 1. The average molecular weight is 272 g/mol. The largest absolute Gasteiger partial charge is 0.302 e. The van der Waals surface area contributed by atoms with Gasteiger partial charge in [0, 0.05) is 11.8 Å². The molecular formula is C14H16N4O2. The highest BCUT2D eigenvalue weighted by atomic mass is 16.2. The van der Waals surface area contributed by atoms with E-state index in [9.17, 15) is 9.59 Å². The number of hydrogen-bond donors (Lipinski definition) is 3. The van der Waals surface area contributed by atoms with Gasteiger partial charge in [0.15, 0.2) is 0 Å². The third-order valence-corrected chi connectivity index (χ3v) is 2.79. The molecule has 0 spiro atoms. The van der Waals surface area contributed by atoms with Crippen LogP contribution < -0.4 is 11.0 Å². The van der Waals surface area contributed by atoms with Crippen molar-refractivity contribution in [2.75, 3.05) is 0 Å². The Morgan fingerprint density at radius 2 is 2.05 bits per heavy atom. The van der Waals surface area contributed by atoms with Gasteiger partial charge >= 0.3 is 0 Å². The minimum atomic E-state index is -0.290. The van der Waals surface area contributed by atoms with E-state index in [1.165, 1.54) is 11.6 Å². The summed E-state index contributed by atoms with van der Waals surface area (Å²) in [5, 5.41) is 8.85. The van der Waals surface area contributed by atoms with Gasteiger partial charge in [-0.3, -0.25) is 14.7 Å². The molecule has 0 saturated heterocycles. The van der Waals surface area contributed by atoms with E-state index in [1.807, 2.05) is 24.3 Å². The van der Waals surface area contributed by atoms with Crippen molar-refractivity contribution in [3.63, 3.8) is 0 Å². The molecule has 0 bridgehead atoms. The molecule has 0 unspecified atom stereocenters. The summed E-state index contributed by atoms with van der Waals surface area (Å²) in [6.45, 7) is 2.09. The first kappa shape index (κ1) is 13.8. The molecule has 0 aliphatic heterocycles. The van der Waals surface area contributed by atoms with Crippen molar-refractivity contribution in [2.45, 2.75) is 19.8 Å². The van der Waals surface area contributed by atoms with Crippen molar-refractivity contribution in [3.05, 3.63) is 57.5 Å². The first-order chi connectivity index (χ1) is 9.67. The maximum Gasteiger partial charge on any atom is 0.264 e. The molecule has 20 heavy (non-hydrogen) atoms. The van der Waals surface area contributed by atoms with Gasteiger partial charge in [0.25, 0.3) is 5.56 Å². The molecule has 2 rings (SSSR count). The Hall–Kier alpha value is -2.63. The smallest absolute Gasteiger partial charge is 0.264 e. The molecule has 3 N–H and O–H groups in total. The van der Waals surface area contributed by atoms with Crippen LogP contribution in [0.3, 0.4) is 0 Å². The van der Waals surface area contributed by atoms with Gasteiger partial charge in [0.05, 0.1) is 12.6 Å². The van der Waals surface area contributed by atoms with Crippen LogP contribution in [-0.4, -0.2) is 22.3 Å². The number of aromatic nitrogens is 2. The van der Waals surface area contributed by atoms with E-state index in [0.717, 1.165) is 12.0 Å². The third-order valence-electron chi connectivity index (χ3n) is 2.79. The number of aromatic amines is 2. The minimum Gasteiger partial charge on any atom is -0.302 e. The Morgan fingerprint density at radius 3 is 2.65 bits per heavy atom. The summed E-state index contributed by atoms with van der Waals surface area (Å²) in [6.07, 6.45) is 2.64. The zero-order valence-electron chi connectivity index (χ0n) is 11.1. The van der Waals surface area contributed by atoms with Gasteiger partial charge in [0.2, 0.25) is 5.91 Å². The summed E-state index contributed by atoms with van der Waals surface area (Å²) in [4.78, 5) is 22.4. The summed E-state index contributed by atoms with van der Waals surface area (Å²) in [6, 6.07) is 9.27. The van der Waals surface area contributed by atoms with Crippen LogP contribution in [-0.2, 0) is 17.6 Å². The van der Waals surface area contributed by atoms with Crippen LogP contribution in [0.2, 0.25) is 0 Å². The van der Waals surface area contributed by atoms with E-state index in [1.54, 1.807) is 6.21 Å². The Labute approximate surface area is 115 Å². The van der Waals surface area contributed by atoms with E-state index in [4.69, 9.17) is 0 Å². The monoisotopic (exact) mass is 272 g/mol. The average Bonchev–Trinajstić information content (AvgIpc) is 2.85. The Kier molecular flexibility index (Phi) is 4.49. The predicted molar refractivity (Wildman–Crippen MR) is 76.7 cm³/mol. The second-order valence-electron chi connectivity index (χ2n) is 4.35. The standard InChI is InChI=1S/C14H16N4O2/c1-2-10-3-5-11(6-4-10)9-15-17-13(19)7-12-8-14(20)18-16-12/h3-6,8-9H,2,7H2,1H3,(H,17,19)(H2,16,18,20)/b15-9+. The van der Waals surface area contributed by atoms with Crippen LogP contribution in [0.5, 0.6) is 0 Å². The lowest BCUT2D eigenvalue weighted by molar-refractivity contribution is -0.120. The van der Waals surface area contributed by atoms with Crippen molar-refractivity contribution in [3.8, 4) is 0 Å². The number of benzene rings is 1. The second kappa shape index (κ2) is 6.51. The SMILES string of the molecule is CCc1ccc(/C=N/NC(=O)Cc2cc(=O)[nH][nH]2)cc1. The fourth-order valence-electron chi connectivity index (χ4n) is 1.70. The molecule has 0 fully saturated rings. The molecule has 2 aromatic rings. The van der Waals surface area contributed by atoms with Gasteiger partial charge in [-0.1, -0.05) is 31.2 Å². The molecular weight excluding hydrogens is 256 g/mol. The van der Waals surface area contributed by atoms with Crippen molar-refractivity contribution in [1.82, 2.24) is 15.6 Å². The molecule has 1 heterocycles. The predicted octanol–water partition coefficient (Wildman–Crippen LogP) is 0.958. The summed E-state index contributed by atoms with van der Waals surface area (Å²) in [5.74, 6) is -0.290. The molecule has 0 aliphatic carbocycles. The normalized spacial score (nSPS) is 10.8. The summed E-state index contributed by atoms with van der Waals surface area (Å²) < 4.78 is 0. The van der Waals surface area contributed by atoms with Crippen molar-refractivity contribution >= 4 is 12.1 Å². The number of carbonyl (C=O) groups is 1. The number of nitrogens with zero attached hydrogens (tertiary/aromatic N) is 1. The molecule has 0 aliphatic rings. The lowest BCUT2D eigenvalue weighted by atomic mass is 10.1. The fraction of sp³-hybridized carbons (Fsp3) is 0.214. The molecule has 6 heteroatoms. The molecule has 1 amide bonds. The molecule has 6 nitrogen and oxygen atoms in total. The number of amides is 1. The van der Waals surface area contributed by atoms with Gasteiger partial charge in [-0.05, 0) is 17.5 Å². The zero-order valence-corrected chi connectivity index (χ0v) is 11.1. The summed E-state index contributed by atoms with van der Waals surface area (Å²) in [5.41, 5.74) is 4.84. The van der Waals surface area contributed by atoms with E-state index >= 15 is 0 Å². The van der Waals surface area contributed by atoms with Crippen LogP contribution in [0.1, 0.15) is 23.7 Å². The molecule has 104 valence electrons. The number of nitrogens with one attached hydrogen (secondary N) is 3. The maximum atomic E-state index is 11.6. The highest BCUT2D eigenvalue weighted by Gasteiger charge is 2.03. The van der Waals surface area contributed by atoms with Gasteiger partial charge < -0.3 is 5.10 Å². The van der Waals surface area contributed by atoms with Gasteiger partial charge in [-0.2, -0.15) is 5.10 Å². The quantitative estimate of drug-likeness (QED) is 0.559. The third kappa shape index (κ3) is 3.94. The number of carbonyl (C=O) groups excluding carboxylic acids is 1. The minimum absolute atomic E-state index is 0.0743. The summed E-state index contributed by atoms with van der Waals surface area (Å²) >= 11 is 0. The van der Waals surface area contributed by atoms with E-state index in [-0.39, 0.29) is 17.9 Å². The lowest BCUT2D eigenvalue weighted by Gasteiger charge is -1.98. The van der Waals surface area contributed by atoms with Crippen LogP contribution >= 0.6 is 0 Å². The van der Waals surface area contributed by atoms with Crippen LogP contribution in [0.15, 0.2) is 40.2 Å². The molecule has 0 atom stereocenters. The molecule has 0 radical (unpaired) electrons. The summed E-state index contributed by atoms with van der Waals surface area (Å²) in [7, 11) is 0. The first-order valence-electron chi connectivity index (χ1n) is 6.35. The first-order valence-corrected chi connectivity index (χ1v) is 6.35. The fourth-order valence-corrected chi connectivity index (χ4v) is 1.70. The van der Waals surface area contributed by atoms with E-state index in [0.29, 0.717) is 5.69 Å². The van der Waals surface area contributed by atoms with Crippen molar-refractivity contribution in [1.29, 1.82) is 0 Å². The Bertz CT molecular complexity index is 652. The van der Waals surface area contributed by atoms with E-state index < -0.39 is 0 Å². The number of aryl methyl sites for hydroxylation is 1. The Morgan fingerprint density at radius 1 is 1.30 bits per heavy atom. The van der Waals surface area contributed by atoms with Gasteiger partial charge in [0.1, 0.15) is 0 Å². The van der Waals surface area contributed by atoms with Crippen LogP contribution in [0, 0.1) is 0 Å². The van der Waals surface area contributed by atoms with E-state index in [2.05, 4.69) is 27.6 Å². The zero-order chi connectivity index (χ0) is 14.4. The maximum absolute atomic E-state index is 11.6. The molecule has 0 saturated carbocycles. The second-order valence-corrected chi connectivity index (χ2v) is 4.35. The number of H-pyrrole nitrogens is 2. The van der Waals surface area contributed by atoms with Crippen LogP contribution in [0.4, 0.5) is 0 Å². The highest BCUT2D eigenvalue weighted by Crippen LogP contribution is 2.02. The number of hydrogen-bond acceptors (Lipinski definition) is 3. The molecule has 1 aromatic heterocycles. The lowest BCUT2D eigenvalue weighted by Crippen LogP contribution is -2.20. The van der Waals surface area contributed by atoms with Crippen molar-refractivity contribution < 1.29 is 4.79 Å².